The van der Waals surface area contributed by atoms with Gasteiger partial charge in [-0.25, -0.2) is 4.79 Å². The zero-order valence-corrected chi connectivity index (χ0v) is 11.1. The summed E-state index contributed by atoms with van der Waals surface area (Å²) in [6, 6.07) is 0. The molecular formula is C13H24N2O2. The van der Waals surface area contributed by atoms with Gasteiger partial charge in [-0.2, -0.15) is 0 Å². The Hall–Kier alpha value is -0.770. The fourth-order valence-corrected chi connectivity index (χ4v) is 2.92. The second-order valence-corrected chi connectivity index (χ2v) is 6.77. The van der Waals surface area contributed by atoms with Crippen molar-refractivity contribution in [2.75, 3.05) is 0 Å². The summed E-state index contributed by atoms with van der Waals surface area (Å²) < 4.78 is 5.33. The molecule has 3 rings (SSSR count). The lowest BCUT2D eigenvalue weighted by Gasteiger charge is -2.51. The van der Waals surface area contributed by atoms with E-state index >= 15 is 0 Å². The van der Waals surface area contributed by atoms with Gasteiger partial charge in [0.05, 0.1) is 0 Å². The van der Waals surface area contributed by atoms with Crippen LogP contribution in [0.1, 0.15) is 59.3 Å². The molecule has 3 aliphatic carbocycles. The predicted octanol–water partition coefficient (Wildman–Crippen LogP) is 2.32. The zero-order chi connectivity index (χ0) is 12.7. The van der Waals surface area contributed by atoms with Crippen LogP contribution < -0.4 is 11.1 Å². The number of carbonyl (C=O) groups excluding carboxylic acids is 1. The Balaban J connectivity index is 1.93. The number of rotatable bonds is 1. The first-order valence-corrected chi connectivity index (χ1v) is 6.52. The minimum atomic E-state index is -0.429. The third kappa shape index (κ3) is 2.92. The molecule has 0 radical (unpaired) electrons. The summed E-state index contributed by atoms with van der Waals surface area (Å²) in [5, 5.41) is 3.08. The van der Waals surface area contributed by atoms with Gasteiger partial charge >= 0.3 is 6.09 Å². The van der Waals surface area contributed by atoms with Crippen molar-refractivity contribution in [2.45, 2.75) is 76.0 Å². The number of carbonyl (C=O) groups is 1. The van der Waals surface area contributed by atoms with E-state index in [4.69, 9.17) is 10.5 Å². The van der Waals surface area contributed by atoms with Gasteiger partial charge in [0.25, 0.3) is 0 Å². The SMILES string of the molecule is CC(C)(C)OC(=O)NC12CCC(N)(CC1)CC2. The van der Waals surface area contributed by atoms with Crippen LogP contribution in [0.15, 0.2) is 0 Å². The van der Waals surface area contributed by atoms with Gasteiger partial charge in [-0.15, -0.1) is 0 Å². The Morgan fingerprint density at radius 1 is 1.12 bits per heavy atom. The van der Waals surface area contributed by atoms with E-state index < -0.39 is 5.60 Å². The van der Waals surface area contributed by atoms with E-state index in [-0.39, 0.29) is 17.2 Å². The summed E-state index contributed by atoms with van der Waals surface area (Å²) >= 11 is 0. The van der Waals surface area contributed by atoms with Crippen molar-refractivity contribution in [3.8, 4) is 0 Å². The average molecular weight is 240 g/mol. The van der Waals surface area contributed by atoms with E-state index in [1.807, 2.05) is 20.8 Å². The van der Waals surface area contributed by atoms with Gasteiger partial charge in [0, 0.05) is 11.1 Å². The number of ether oxygens (including phenoxy) is 1. The number of alkyl carbamates (subject to hydrolysis) is 1. The largest absolute Gasteiger partial charge is 0.444 e. The van der Waals surface area contributed by atoms with E-state index in [0.717, 1.165) is 38.5 Å². The van der Waals surface area contributed by atoms with Crippen LogP contribution in [0.2, 0.25) is 0 Å². The molecule has 0 aliphatic heterocycles. The smallest absolute Gasteiger partial charge is 0.408 e. The molecule has 98 valence electrons. The molecule has 3 saturated carbocycles. The van der Waals surface area contributed by atoms with Crippen LogP contribution in [-0.2, 0) is 4.74 Å². The maximum Gasteiger partial charge on any atom is 0.408 e. The van der Waals surface area contributed by atoms with Gasteiger partial charge in [0.2, 0.25) is 0 Å². The molecule has 0 spiro atoms. The number of hydrogen-bond acceptors (Lipinski definition) is 3. The van der Waals surface area contributed by atoms with E-state index in [0.29, 0.717) is 0 Å². The Morgan fingerprint density at radius 3 is 2.00 bits per heavy atom. The zero-order valence-electron chi connectivity index (χ0n) is 11.1. The molecule has 4 nitrogen and oxygen atoms in total. The van der Waals surface area contributed by atoms with Crippen molar-refractivity contribution < 1.29 is 9.53 Å². The summed E-state index contributed by atoms with van der Waals surface area (Å²) in [4.78, 5) is 11.8. The predicted molar refractivity (Wildman–Crippen MR) is 66.7 cm³/mol. The number of nitrogens with one attached hydrogen (secondary N) is 1. The molecule has 2 bridgehead atoms. The van der Waals surface area contributed by atoms with Crippen molar-refractivity contribution in [2.24, 2.45) is 5.73 Å². The molecule has 0 saturated heterocycles. The highest BCUT2D eigenvalue weighted by Gasteiger charge is 2.47. The molecule has 0 atom stereocenters. The van der Waals surface area contributed by atoms with E-state index in [1.54, 1.807) is 0 Å². The minimum Gasteiger partial charge on any atom is -0.444 e. The first-order chi connectivity index (χ1) is 7.72. The second-order valence-electron chi connectivity index (χ2n) is 6.77. The van der Waals surface area contributed by atoms with Crippen molar-refractivity contribution in [1.29, 1.82) is 0 Å². The van der Waals surface area contributed by atoms with Gasteiger partial charge in [0.15, 0.2) is 0 Å². The summed E-state index contributed by atoms with van der Waals surface area (Å²) in [5.41, 5.74) is 5.80. The lowest BCUT2D eigenvalue weighted by Crippen LogP contribution is -2.61. The van der Waals surface area contributed by atoms with Crippen molar-refractivity contribution >= 4 is 6.09 Å². The molecule has 3 aliphatic rings. The lowest BCUT2D eigenvalue weighted by molar-refractivity contribution is 0.0272. The molecule has 3 N–H and O–H groups in total. The molecule has 0 heterocycles. The van der Waals surface area contributed by atoms with Crippen LogP contribution in [0.4, 0.5) is 4.79 Å². The van der Waals surface area contributed by atoms with Crippen molar-refractivity contribution in [1.82, 2.24) is 5.32 Å². The van der Waals surface area contributed by atoms with E-state index in [1.165, 1.54) is 0 Å². The summed E-state index contributed by atoms with van der Waals surface area (Å²) in [6.07, 6.45) is 5.73. The molecule has 1 amide bonds. The van der Waals surface area contributed by atoms with E-state index in [2.05, 4.69) is 5.32 Å². The van der Waals surface area contributed by atoms with Gasteiger partial charge < -0.3 is 15.8 Å². The molecule has 0 unspecified atom stereocenters. The normalized spacial score (nSPS) is 36.7. The topological polar surface area (TPSA) is 64.3 Å². The molecule has 17 heavy (non-hydrogen) atoms. The Morgan fingerprint density at radius 2 is 1.59 bits per heavy atom. The van der Waals surface area contributed by atoms with Gasteiger partial charge in [0.1, 0.15) is 5.60 Å². The van der Waals surface area contributed by atoms with Crippen LogP contribution >= 0.6 is 0 Å². The van der Waals surface area contributed by atoms with Gasteiger partial charge in [-0.05, 0) is 59.3 Å². The van der Waals surface area contributed by atoms with Crippen LogP contribution in [0.25, 0.3) is 0 Å². The molecule has 0 aromatic rings. The minimum absolute atomic E-state index is 0.0390. The van der Waals surface area contributed by atoms with Crippen LogP contribution in [0, 0.1) is 0 Å². The first kappa shape index (κ1) is 12.7. The third-order valence-corrected chi connectivity index (χ3v) is 4.07. The monoisotopic (exact) mass is 240 g/mol. The summed E-state index contributed by atoms with van der Waals surface area (Å²) in [5.74, 6) is 0. The van der Waals surface area contributed by atoms with Gasteiger partial charge in [-0.3, -0.25) is 0 Å². The fraction of sp³-hybridized carbons (Fsp3) is 0.923. The third-order valence-electron chi connectivity index (χ3n) is 4.07. The van der Waals surface area contributed by atoms with Crippen LogP contribution in [-0.4, -0.2) is 22.8 Å². The molecule has 4 heteroatoms. The number of hydrogen-bond donors (Lipinski definition) is 2. The Labute approximate surface area is 103 Å². The highest BCUT2D eigenvalue weighted by molar-refractivity contribution is 5.69. The summed E-state index contributed by atoms with van der Waals surface area (Å²) in [6.45, 7) is 5.66. The molecule has 0 aromatic heterocycles. The second kappa shape index (κ2) is 3.87. The number of fused-ring (bicyclic) bond motifs is 3. The van der Waals surface area contributed by atoms with Crippen LogP contribution in [0.3, 0.4) is 0 Å². The van der Waals surface area contributed by atoms with E-state index in [9.17, 15) is 4.79 Å². The molecular weight excluding hydrogens is 216 g/mol. The number of nitrogens with two attached hydrogens (primary N) is 1. The first-order valence-electron chi connectivity index (χ1n) is 6.52. The molecule has 0 aromatic carbocycles. The van der Waals surface area contributed by atoms with Gasteiger partial charge in [-0.1, -0.05) is 0 Å². The standard InChI is InChI=1S/C13H24N2O2/c1-11(2,3)17-10(16)15-13-7-4-12(14,5-8-13)6-9-13/h4-9,14H2,1-3H3,(H,15,16). The molecule has 3 fully saturated rings. The Bertz CT molecular complexity index is 295. The maximum absolute atomic E-state index is 11.8. The maximum atomic E-state index is 11.8. The average Bonchev–Trinajstić information content (AvgIpc) is 2.17. The fourth-order valence-electron chi connectivity index (χ4n) is 2.92. The van der Waals surface area contributed by atoms with Crippen molar-refractivity contribution in [3.05, 3.63) is 0 Å². The lowest BCUT2D eigenvalue weighted by atomic mass is 9.62. The summed E-state index contributed by atoms with van der Waals surface area (Å²) in [7, 11) is 0. The van der Waals surface area contributed by atoms with Crippen molar-refractivity contribution in [3.63, 3.8) is 0 Å². The quantitative estimate of drug-likeness (QED) is 0.739. The highest BCUT2D eigenvalue weighted by atomic mass is 16.6. The Kier molecular flexibility index (Phi) is 2.89. The number of amides is 1. The van der Waals surface area contributed by atoms with Crippen LogP contribution in [0.5, 0.6) is 0 Å². The highest BCUT2D eigenvalue weighted by Crippen LogP contribution is 2.45.